The second-order valence-corrected chi connectivity index (χ2v) is 11.1. The summed E-state index contributed by atoms with van der Waals surface area (Å²) < 4.78 is 50.2. The topological polar surface area (TPSA) is 90.7 Å². The predicted octanol–water partition coefficient (Wildman–Crippen LogP) is 4.67. The Balaban J connectivity index is 2.34. The molecule has 0 aromatic heterocycles. The van der Waals surface area contributed by atoms with Crippen molar-refractivity contribution in [3.63, 3.8) is 0 Å². The Labute approximate surface area is 196 Å². The van der Waals surface area contributed by atoms with Crippen molar-refractivity contribution in [3.05, 3.63) is 69.3 Å². The van der Waals surface area contributed by atoms with Gasteiger partial charge in [0, 0.05) is 30.5 Å². The Bertz CT molecular complexity index is 969. The lowest BCUT2D eigenvalue weighted by Crippen LogP contribution is -2.51. The normalized spacial score (nSPS) is 14.7. The second-order valence-electron chi connectivity index (χ2n) is 9.16. The SMILES string of the molecule is COc1ccc(CN(C)CC[C@](C)(N[S+]([O-])C(C)(C)C)c2c(F)ccc([N+](=O)[O-])c2F)cc1. The molecule has 2 rings (SSSR count). The minimum Gasteiger partial charge on any atom is -0.598 e. The van der Waals surface area contributed by atoms with E-state index in [1.165, 1.54) is 6.92 Å². The molecule has 0 spiro atoms. The number of nitrogens with one attached hydrogen (secondary N) is 1. The first-order chi connectivity index (χ1) is 15.3. The number of benzene rings is 2. The Kier molecular flexibility index (Phi) is 8.81. The van der Waals surface area contributed by atoms with Gasteiger partial charge in [-0.1, -0.05) is 12.1 Å². The molecule has 1 unspecified atom stereocenters. The first-order valence-electron chi connectivity index (χ1n) is 10.4. The average Bonchev–Trinajstić information content (AvgIpc) is 2.72. The highest BCUT2D eigenvalue weighted by molar-refractivity contribution is 7.90. The van der Waals surface area contributed by atoms with Gasteiger partial charge in [0.15, 0.2) is 0 Å². The predicted molar refractivity (Wildman–Crippen MR) is 125 cm³/mol. The maximum absolute atomic E-state index is 15.1. The van der Waals surface area contributed by atoms with Crippen LogP contribution in [0.1, 0.15) is 45.2 Å². The van der Waals surface area contributed by atoms with E-state index in [9.17, 15) is 19.1 Å². The van der Waals surface area contributed by atoms with Crippen molar-refractivity contribution in [1.29, 1.82) is 0 Å². The largest absolute Gasteiger partial charge is 0.598 e. The van der Waals surface area contributed by atoms with Gasteiger partial charge in [-0.2, -0.15) is 4.39 Å². The van der Waals surface area contributed by atoms with Gasteiger partial charge in [-0.3, -0.25) is 10.1 Å². The van der Waals surface area contributed by atoms with Crippen molar-refractivity contribution in [2.24, 2.45) is 0 Å². The molecule has 7 nitrogen and oxygen atoms in total. The molecule has 0 heterocycles. The molecule has 0 bridgehead atoms. The summed E-state index contributed by atoms with van der Waals surface area (Å²) in [5.41, 5.74) is -1.77. The van der Waals surface area contributed by atoms with E-state index in [0.29, 0.717) is 13.1 Å². The number of nitrogens with zero attached hydrogens (tertiary/aromatic N) is 2. The number of hydrogen-bond donors (Lipinski definition) is 1. The van der Waals surface area contributed by atoms with E-state index in [2.05, 4.69) is 4.72 Å². The minimum absolute atomic E-state index is 0.149. The van der Waals surface area contributed by atoms with Crippen molar-refractivity contribution in [2.45, 2.75) is 50.9 Å². The summed E-state index contributed by atoms with van der Waals surface area (Å²) in [7, 11) is 3.44. The van der Waals surface area contributed by atoms with E-state index in [0.717, 1.165) is 23.4 Å². The maximum atomic E-state index is 15.1. The Morgan fingerprint density at radius 1 is 1.12 bits per heavy atom. The standard InChI is InChI=1S/C23H31F2N3O4S/c1-22(2,3)33(31)26-23(4,20-18(24)11-12-19(21(20)25)28(29)30)13-14-27(5)15-16-7-9-17(32-6)10-8-16/h7-12,26H,13-15H2,1-6H3/t23-,33?/m0/s1. The van der Waals surface area contributed by atoms with Crippen LogP contribution in [0.2, 0.25) is 0 Å². The van der Waals surface area contributed by atoms with Gasteiger partial charge in [-0.05, 0) is 64.9 Å². The Hall–Kier alpha value is -2.27. The van der Waals surface area contributed by atoms with E-state index in [1.54, 1.807) is 27.9 Å². The zero-order valence-electron chi connectivity index (χ0n) is 19.8. The lowest BCUT2D eigenvalue weighted by Gasteiger charge is -2.36. The summed E-state index contributed by atoms with van der Waals surface area (Å²) in [5.74, 6) is -1.46. The van der Waals surface area contributed by atoms with E-state index < -0.39 is 49.5 Å². The third kappa shape index (κ3) is 6.86. The molecule has 0 fully saturated rings. The molecule has 2 aromatic carbocycles. The zero-order valence-corrected chi connectivity index (χ0v) is 20.6. The summed E-state index contributed by atoms with van der Waals surface area (Å²) >= 11 is -1.68. The smallest absolute Gasteiger partial charge is 0.305 e. The van der Waals surface area contributed by atoms with E-state index in [1.807, 2.05) is 36.2 Å². The van der Waals surface area contributed by atoms with Crippen LogP contribution in [0.3, 0.4) is 0 Å². The number of rotatable bonds is 10. The van der Waals surface area contributed by atoms with Crippen LogP contribution in [-0.2, 0) is 23.4 Å². The molecular weight excluding hydrogens is 452 g/mol. The number of halogens is 2. The van der Waals surface area contributed by atoms with Crippen molar-refractivity contribution in [3.8, 4) is 5.75 Å². The van der Waals surface area contributed by atoms with Gasteiger partial charge in [0.25, 0.3) is 0 Å². The number of nitro groups is 1. The van der Waals surface area contributed by atoms with Crippen LogP contribution >= 0.6 is 0 Å². The molecule has 182 valence electrons. The third-order valence-electron chi connectivity index (χ3n) is 5.30. The molecule has 1 N–H and O–H groups in total. The quantitative estimate of drug-likeness (QED) is 0.300. The lowest BCUT2D eigenvalue weighted by atomic mass is 9.88. The van der Waals surface area contributed by atoms with E-state index in [-0.39, 0.29) is 6.42 Å². The third-order valence-corrected chi connectivity index (χ3v) is 7.05. The van der Waals surface area contributed by atoms with Crippen LogP contribution in [0, 0.1) is 21.7 Å². The molecule has 0 aliphatic carbocycles. The van der Waals surface area contributed by atoms with Crippen LogP contribution in [0.4, 0.5) is 14.5 Å². The van der Waals surface area contributed by atoms with Crippen LogP contribution in [0.15, 0.2) is 36.4 Å². The molecule has 0 radical (unpaired) electrons. The Morgan fingerprint density at radius 2 is 1.73 bits per heavy atom. The fourth-order valence-electron chi connectivity index (χ4n) is 3.31. The number of hydrogen-bond acceptors (Lipinski definition) is 6. The summed E-state index contributed by atoms with van der Waals surface area (Å²) in [4.78, 5) is 12.3. The highest BCUT2D eigenvalue weighted by Crippen LogP contribution is 2.36. The minimum atomic E-state index is -1.68. The molecule has 0 saturated carbocycles. The van der Waals surface area contributed by atoms with E-state index in [4.69, 9.17) is 4.74 Å². The lowest BCUT2D eigenvalue weighted by molar-refractivity contribution is -0.387. The van der Waals surface area contributed by atoms with Crippen LogP contribution < -0.4 is 9.46 Å². The summed E-state index contributed by atoms with van der Waals surface area (Å²) in [6, 6.07) is 9.19. The molecule has 2 aromatic rings. The Morgan fingerprint density at radius 3 is 2.24 bits per heavy atom. The molecular formula is C23H31F2N3O4S. The first kappa shape index (κ1) is 27.0. The van der Waals surface area contributed by atoms with Gasteiger partial charge in [-0.25, -0.2) is 4.39 Å². The van der Waals surface area contributed by atoms with Gasteiger partial charge in [-0.15, -0.1) is 4.72 Å². The van der Waals surface area contributed by atoms with Crippen molar-refractivity contribution < 1.29 is 23.0 Å². The second kappa shape index (κ2) is 10.8. The highest BCUT2D eigenvalue weighted by Gasteiger charge is 2.42. The van der Waals surface area contributed by atoms with E-state index >= 15 is 4.39 Å². The number of nitro benzene ring substituents is 1. The molecule has 33 heavy (non-hydrogen) atoms. The molecule has 10 heteroatoms. The van der Waals surface area contributed by atoms with Gasteiger partial charge >= 0.3 is 5.69 Å². The monoisotopic (exact) mass is 483 g/mol. The molecule has 0 aliphatic heterocycles. The summed E-state index contributed by atoms with van der Waals surface area (Å²) in [6.45, 7) is 7.63. The van der Waals surface area contributed by atoms with Gasteiger partial charge in [0.2, 0.25) is 5.82 Å². The van der Waals surface area contributed by atoms with Crippen molar-refractivity contribution in [1.82, 2.24) is 9.62 Å². The van der Waals surface area contributed by atoms with Crippen molar-refractivity contribution >= 4 is 17.0 Å². The van der Waals surface area contributed by atoms with Gasteiger partial charge in [0.05, 0.1) is 23.1 Å². The zero-order chi connectivity index (χ0) is 25.0. The summed E-state index contributed by atoms with van der Waals surface area (Å²) in [5, 5.41) is 11.3. The molecule has 0 amide bonds. The maximum Gasteiger partial charge on any atom is 0.305 e. The highest BCUT2D eigenvalue weighted by atomic mass is 32.2. The van der Waals surface area contributed by atoms with Crippen LogP contribution in [0.5, 0.6) is 5.75 Å². The fourth-order valence-corrected chi connectivity index (χ4v) is 4.23. The summed E-state index contributed by atoms with van der Waals surface area (Å²) in [6.07, 6.45) is 0.149. The molecule has 0 saturated heterocycles. The number of methoxy groups -OCH3 is 1. The van der Waals surface area contributed by atoms with Crippen LogP contribution in [0.25, 0.3) is 0 Å². The molecule has 0 aliphatic rings. The van der Waals surface area contributed by atoms with Crippen molar-refractivity contribution in [2.75, 3.05) is 20.7 Å². The number of ether oxygens (including phenoxy) is 1. The first-order valence-corrected chi connectivity index (χ1v) is 11.6. The fraction of sp³-hybridized carbons (Fsp3) is 0.478. The van der Waals surface area contributed by atoms with Gasteiger partial charge in [0.1, 0.15) is 16.3 Å². The van der Waals surface area contributed by atoms with Crippen LogP contribution in [-0.4, -0.2) is 39.8 Å². The van der Waals surface area contributed by atoms with Gasteiger partial charge < -0.3 is 14.2 Å². The average molecular weight is 484 g/mol. The molecule has 2 atom stereocenters.